The van der Waals surface area contributed by atoms with E-state index in [4.69, 9.17) is 4.74 Å². The number of fused-ring (bicyclic) bond motifs is 5. The minimum atomic E-state index is 0.121. The van der Waals surface area contributed by atoms with Gasteiger partial charge in [-0.25, -0.2) is 0 Å². The zero-order valence-corrected chi connectivity index (χ0v) is 13.6. The number of rotatable bonds is 2. The van der Waals surface area contributed by atoms with Gasteiger partial charge in [0.05, 0.1) is 6.10 Å². The normalized spacial score (nSPS) is 29.5. The monoisotopic (exact) mass is 305 g/mol. The molecule has 5 rings (SSSR count). The average molecular weight is 305 g/mol. The Morgan fingerprint density at radius 3 is 1.91 bits per heavy atom. The SMILES string of the molecule is CN1C2CCC1CC(OC1c3ccccc3-c3ccccc31)C2. The molecule has 3 aliphatic rings. The van der Waals surface area contributed by atoms with E-state index in [1.807, 2.05) is 0 Å². The van der Waals surface area contributed by atoms with E-state index in [-0.39, 0.29) is 6.10 Å². The molecule has 118 valence electrons. The van der Waals surface area contributed by atoms with Crippen molar-refractivity contribution in [2.75, 3.05) is 7.05 Å². The van der Waals surface area contributed by atoms with Crippen LogP contribution in [-0.2, 0) is 4.74 Å². The highest BCUT2D eigenvalue weighted by Gasteiger charge is 2.41. The first-order valence-electron chi connectivity index (χ1n) is 8.87. The van der Waals surface area contributed by atoms with Crippen LogP contribution in [0.1, 0.15) is 42.9 Å². The van der Waals surface area contributed by atoms with Crippen molar-refractivity contribution in [2.24, 2.45) is 0 Å². The van der Waals surface area contributed by atoms with Crippen molar-refractivity contribution in [3.63, 3.8) is 0 Å². The van der Waals surface area contributed by atoms with E-state index in [2.05, 4.69) is 60.5 Å². The van der Waals surface area contributed by atoms with Crippen molar-refractivity contribution in [3.05, 3.63) is 59.7 Å². The lowest BCUT2D eigenvalue weighted by Gasteiger charge is -2.37. The Hall–Kier alpha value is -1.64. The average Bonchev–Trinajstić information content (AvgIpc) is 2.98. The molecule has 2 bridgehead atoms. The number of ether oxygens (including phenoxy) is 1. The summed E-state index contributed by atoms with van der Waals surface area (Å²) in [4.78, 5) is 2.58. The van der Waals surface area contributed by atoms with Crippen molar-refractivity contribution in [3.8, 4) is 11.1 Å². The van der Waals surface area contributed by atoms with Gasteiger partial charge in [0.25, 0.3) is 0 Å². The lowest BCUT2D eigenvalue weighted by molar-refractivity contribution is -0.0411. The van der Waals surface area contributed by atoms with E-state index >= 15 is 0 Å². The lowest BCUT2D eigenvalue weighted by Crippen LogP contribution is -2.43. The van der Waals surface area contributed by atoms with Crippen molar-refractivity contribution in [1.82, 2.24) is 4.90 Å². The maximum Gasteiger partial charge on any atom is 0.109 e. The molecule has 0 N–H and O–H groups in total. The van der Waals surface area contributed by atoms with E-state index < -0.39 is 0 Å². The summed E-state index contributed by atoms with van der Waals surface area (Å²) in [7, 11) is 2.29. The maximum atomic E-state index is 6.71. The third-order valence-corrected chi connectivity index (χ3v) is 6.16. The van der Waals surface area contributed by atoms with Crippen LogP contribution in [0.25, 0.3) is 11.1 Å². The van der Waals surface area contributed by atoms with Crippen molar-refractivity contribution < 1.29 is 4.74 Å². The second-order valence-corrected chi connectivity index (χ2v) is 7.33. The fraction of sp³-hybridized carbons (Fsp3) is 0.429. The lowest BCUT2D eigenvalue weighted by atomic mass is 9.99. The smallest absolute Gasteiger partial charge is 0.109 e. The molecule has 2 unspecified atom stereocenters. The van der Waals surface area contributed by atoms with E-state index in [9.17, 15) is 0 Å². The first-order valence-corrected chi connectivity index (χ1v) is 8.87. The van der Waals surface area contributed by atoms with Gasteiger partial charge in [-0.1, -0.05) is 48.5 Å². The van der Waals surface area contributed by atoms with Gasteiger partial charge in [-0.2, -0.15) is 0 Å². The van der Waals surface area contributed by atoms with Crippen LogP contribution in [0.3, 0.4) is 0 Å². The van der Waals surface area contributed by atoms with Crippen LogP contribution >= 0.6 is 0 Å². The fourth-order valence-electron chi connectivity index (χ4n) is 4.92. The Morgan fingerprint density at radius 1 is 0.826 bits per heavy atom. The molecule has 0 amide bonds. The molecule has 2 atom stereocenters. The zero-order valence-electron chi connectivity index (χ0n) is 13.6. The highest BCUT2D eigenvalue weighted by Crippen LogP contribution is 2.47. The predicted octanol–water partition coefficient (Wildman–Crippen LogP) is 4.40. The van der Waals surface area contributed by atoms with Crippen LogP contribution in [0.15, 0.2) is 48.5 Å². The Morgan fingerprint density at radius 2 is 1.35 bits per heavy atom. The summed E-state index contributed by atoms with van der Waals surface area (Å²) >= 11 is 0. The summed E-state index contributed by atoms with van der Waals surface area (Å²) in [6.45, 7) is 0. The molecule has 2 saturated heterocycles. The van der Waals surface area contributed by atoms with Gasteiger partial charge in [0.1, 0.15) is 6.10 Å². The minimum Gasteiger partial charge on any atom is -0.365 e. The molecule has 0 radical (unpaired) electrons. The maximum absolute atomic E-state index is 6.71. The molecule has 2 heterocycles. The van der Waals surface area contributed by atoms with Crippen molar-refractivity contribution in [2.45, 2.75) is 50.0 Å². The Kier molecular flexibility index (Phi) is 3.10. The molecule has 2 nitrogen and oxygen atoms in total. The van der Waals surface area contributed by atoms with E-state index in [0.29, 0.717) is 6.10 Å². The van der Waals surface area contributed by atoms with Crippen LogP contribution in [0, 0.1) is 0 Å². The summed E-state index contributed by atoms with van der Waals surface area (Å²) < 4.78 is 6.71. The standard InChI is InChI=1S/C21H23NO/c1-22-14-10-11-15(22)13-16(12-14)23-21-19-8-4-2-6-17(19)18-7-3-5-9-20(18)21/h2-9,14-16,21H,10-13H2,1H3. The van der Waals surface area contributed by atoms with Gasteiger partial charge in [-0.05, 0) is 55.0 Å². The Bertz CT molecular complexity index is 681. The van der Waals surface area contributed by atoms with Gasteiger partial charge < -0.3 is 9.64 Å². The minimum absolute atomic E-state index is 0.121. The quantitative estimate of drug-likeness (QED) is 0.815. The molecular formula is C21H23NO. The summed E-state index contributed by atoms with van der Waals surface area (Å²) in [5, 5.41) is 0. The van der Waals surface area contributed by atoms with Crippen LogP contribution in [-0.4, -0.2) is 30.1 Å². The van der Waals surface area contributed by atoms with Crippen LogP contribution in [0.5, 0.6) is 0 Å². The first kappa shape index (κ1) is 13.8. The van der Waals surface area contributed by atoms with E-state index in [1.54, 1.807) is 0 Å². The third-order valence-electron chi connectivity index (χ3n) is 6.16. The number of piperidine rings is 1. The summed E-state index contributed by atoms with van der Waals surface area (Å²) in [5.74, 6) is 0. The molecule has 2 aromatic carbocycles. The van der Waals surface area contributed by atoms with Gasteiger partial charge in [0, 0.05) is 12.1 Å². The molecule has 23 heavy (non-hydrogen) atoms. The fourth-order valence-corrected chi connectivity index (χ4v) is 4.92. The molecule has 2 aliphatic heterocycles. The second-order valence-electron chi connectivity index (χ2n) is 7.33. The molecule has 2 aromatic rings. The summed E-state index contributed by atoms with van der Waals surface area (Å²) in [5.41, 5.74) is 5.40. The highest BCUT2D eigenvalue weighted by molar-refractivity contribution is 5.78. The largest absolute Gasteiger partial charge is 0.365 e. The topological polar surface area (TPSA) is 12.5 Å². The summed E-state index contributed by atoms with van der Waals surface area (Å²) in [6, 6.07) is 18.9. The molecule has 2 heteroatoms. The van der Waals surface area contributed by atoms with Gasteiger partial charge in [0.2, 0.25) is 0 Å². The predicted molar refractivity (Wildman–Crippen MR) is 92.4 cm³/mol. The van der Waals surface area contributed by atoms with Crippen molar-refractivity contribution in [1.29, 1.82) is 0 Å². The molecule has 2 fully saturated rings. The molecule has 0 saturated carbocycles. The number of hydrogen-bond acceptors (Lipinski definition) is 2. The second kappa shape index (κ2) is 5.19. The van der Waals surface area contributed by atoms with Gasteiger partial charge in [0.15, 0.2) is 0 Å². The Balaban J connectivity index is 1.47. The van der Waals surface area contributed by atoms with E-state index in [1.165, 1.54) is 47.9 Å². The molecule has 0 spiro atoms. The van der Waals surface area contributed by atoms with Crippen LogP contribution in [0.4, 0.5) is 0 Å². The summed E-state index contributed by atoms with van der Waals surface area (Å²) in [6.07, 6.45) is 5.59. The number of hydrogen-bond donors (Lipinski definition) is 0. The van der Waals surface area contributed by atoms with Crippen molar-refractivity contribution >= 4 is 0 Å². The van der Waals surface area contributed by atoms with Gasteiger partial charge in [-0.3, -0.25) is 0 Å². The third kappa shape index (κ3) is 2.09. The van der Waals surface area contributed by atoms with Gasteiger partial charge in [-0.15, -0.1) is 0 Å². The molecular weight excluding hydrogens is 282 g/mol. The van der Waals surface area contributed by atoms with Crippen LogP contribution in [0.2, 0.25) is 0 Å². The molecule has 1 aliphatic carbocycles. The highest BCUT2D eigenvalue weighted by atomic mass is 16.5. The zero-order chi connectivity index (χ0) is 15.4. The molecule has 0 aromatic heterocycles. The number of nitrogens with zero attached hydrogens (tertiary/aromatic N) is 1. The Labute approximate surface area is 138 Å². The van der Waals surface area contributed by atoms with E-state index in [0.717, 1.165) is 12.1 Å². The first-order chi connectivity index (χ1) is 11.3. The number of benzene rings is 2. The van der Waals surface area contributed by atoms with Gasteiger partial charge >= 0.3 is 0 Å². The van der Waals surface area contributed by atoms with Crippen LogP contribution < -0.4 is 0 Å².